The number of para-hydroxylation sites is 1. The number of hydrogen-bond donors (Lipinski definition) is 2. The number of rotatable bonds is 3. The first-order valence-electron chi connectivity index (χ1n) is 6.12. The van der Waals surface area contributed by atoms with Crippen molar-refractivity contribution < 1.29 is 13.2 Å². The number of benzene rings is 1. The van der Waals surface area contributed by atoms with Crippen LogP contribution in [0.15, 0.2) is 29.3 Å². The average molecular weight is 278 g/mol. The zero-order valence-corrected chi connectivity index (χ0v) is 11.3. The molecule has 0 saturated heterocycles. The van der Waals surface area contributed by atoms with Crippen LogP contribution in [-0.4, -0.2) is 31.6 Å². The Morgan fingerprint density at radius 1 is 1.37 bits per heavy atom. The van der Waals surface area contributed by atoms with Gasteiger partial charge in [-0.15, -0.1) is 0 Å². The fourth-order valence-electron chi connectivity index (χ4n) is 2.25. The lowest BCUT2D eigenvalue weighted by molar-refractivity contribution is 0.0964. The monoisotopic (exact) mass is 278 g/mol. The van der Waals surface area contributed by atoms with Gasteiger partial charge in [0.05, 0.1) is 21.2 Å². The van der Waals surface area contributed by atoms with Gasteiger partial charge >= 0.3 is 0 Å². The topological polar surface area (TPSA) is 79.0 Å². The summed E-state index contributed by atoms with van der Waals surface area (Å²) >= 11 is 0. The Kier molecular flexibility index (Phi) is 2.63. The van der Waals surface area contributed by atoms with Crippen molar-refractivity contribution in [3.63, 3.8) is 0 Å². The summed E-state index contributed by atoms with van der Waals surface area (Å²) in [5.41, 5.74) is 1.03. The van der Waals surface area contributed by atoms with Crippen LogP contribution in [0.1, 0.15) is 23.2 Å². The first-order valence-corrected chi connectivity index (χ1v) is 7.66. The van der Waals surface area contributed by atoms with Crippen LogP contribution in [0, 0.1) is 0 Å². The van der Waals surface area contributed by atoms with E-state index in [0.29, 0.717) is 21.4 Å². The quantitative estimate of drug-likeness (QED) is 0.892. The number of nitrogens with one attached hydrogen (secondary N) is 2. The highest BCUT2D eigenvalue weighted by atomic mass is 32.2. The molecule has 6 heteroatoms. The van der Waals surface area contributed by atoms with Crippen molar-refractivity contribution in [1.29, 1.82) is 0 Å². The van der Waals surface area contributed by atoms with Gasteiger partial charge < -0.3 is 10.3 Å². The van der Waals surface area contributed by atoms with Crippen LogP contribution in [0.5, 0.6) is 0 Å². The highest BCUT2D eigenvalue weighted by Crippen LogP contribution is 2.36. The number of hydrogen-bond acceptors (Lipinski definition) is 3. The van der Waals surface area contributed by atoms with Crippen molar-refractivity contribution in [1.82, 2.24) is 10.3 Å². The van der Waals surface area contributed by atoms with Gasteiger partial charge in [0.1, 0.15) is 0 Å². The zero-order chi connectivity index (χ0) is 13.6. The van der Waals surface area contributed by atoms with Crippen LogP contribution in [-0.2, 0) is 9.84 Å². The molecule has 1 aliphatic carbocycles. The van der Waals surface area contributed by atoms with Gasteiger partial charge in [0.25, 0.3) is 5.91 Å². The van der Waals surface area contributed by atoms with E-state index < -0.39 is 9.84 Å². The molecule has 3 rings (SSSR count). The van der Waals surface area contributed by atoms with Crippen LogP contribution in [0.3, 0.4) is 0 Å². The molecule has 1 saturated carbocycles. The second-order valence-electron chi connectivity index (χ2n) is 4.70. The minimum Gasteiger partial charge on any atom is -0.359 e. The van der Waals surface area contributed by atoms with Gasteiger partial charge in [0, 0.05) is 18.6 Å². The molecule has 1 aromatic heterocycles. The van der Waals surface area contributed by atoms with E-state index in [1.54, 1.807) is 25.2 Å². The molecular weight excluding hydrogens is 264 g/mol. The van der Waals surface area contributed by atoms with Crippen molar-refractivity contribution in [3.05, 3.63) is 30.0 Å². The minimum absolute atomic E-state index is 0.234. The Balaban J connectivity index is 2.22. The van der Waals surface area contributed by atoms with Crippen molar-refractivity contribution >= 4 is 26.6 Å². The third-order valence-electron chi connectivity index (χ3n) is 3.42. The van der Waals surface area contributed by atoms with E-state index in [2.05, 4.69) is 10.3 Å². The summed E-state index contributed by atoms with van der Waals surface area (Å²) in [5.74, 6) is -0.234. The molecule has 1 fully saturated rings. The van der Waals surface area contributed by atoms with Gasteiger partial charge in [-0.05, 0) is 18.9 Å². The molecule has 100 valence electrons. The van der Waals surface area contributed by atoms with Gasteiger partial charge in [-0.2, -0.15) is 0 Å². The van der Waals surface area contributed by atoms with Gasteiger partial charge in [0.2, 0.25) is 0 Å². The smallest absolute Gasteiger partial charge is 0.253 e. The summed E-state index contributed by atoms with van der Waals surface area (Å²) in [6.07, 6.45) is 2.94. The second kappa shape index (κ2) is 4.09. The molecule has 1 heterocycles. The molecule has 0 unspecified atom stereocenters. The highest BCUT2D eigenvalue weighted by molar-refractivity contribution is 7.92. The number of amides is 1. The van der Waals surface area contributed by atoms with Crippen molar-refractivity contribution in [2.75, 3.05) is 7.05 Å². The van der Waals surface area contributed by atoms with E-state index in [0.717, 1.165) is 12.8 Å². The maximum absolute atomic E-state index is 12.3. The third kappa shape index (κ3) is 1.83. The molecule has 0 bridgehead atoms. The van der Waals surface area contributed by atoms with Crippen molar-refractivity contribution in [2.45, 2.75) is 23.0 Å². The first-order chi connectivity index (χ1) is 9.05. The molecule has 1 aliphatic rings. The predicted molar refractivity (Wildman–Crippen MR) is 71.9 cm³/mol. The normalized spacial score (nSPS) is 15.6. The molecule has 0 spiro atoms. The maximum Gasteiger partial charge on any atom is 0.253 e. The van der Waals surface area contributed by atoms with Crippen LogP contribution in [0.25, 0.3) is 10.9 Å². The summed E-state index contributed by atoms with van der Waals surface area (Å²) in [6.45, 7) is 0. The Morgan fingerprint density at radius 2 is 2.11 bits per heavy atom. The highest BCUT2D eigenvalue weighted by Gasteiger charge is 2.38. The SMILES string of the molecule is CNC(=O)c1cccc2c(S(=O)(=O)C3CC3)c[nH]c12. The van der Waals surface area contributed by atoms with Gasteiger partial charge in [-0.1, -0.05) is 12.1 Å². The third-order valence-corrected chi connectivity index (χ3v) is 5.72. The first kappa shape index (κ1) is 12.2. The summed E-state index contributed by atoms with van der Waals surface area (Å²) < 4.78 is 24.6. The van der Waals surface area contributed by atoms with E-state index >= 15 is 0 Å². The molecule has 19 heavy (non-hydrogen) atoms. The fraction of sp³-hybridized carbons (Fsp3) is 0.308. The zero-order valence-electron chi connectivity index (χ0n) is 10.4. The lowest BCUT2D eigenvalue weighted by Crippen LogP contribution is -2.18. The fourth-order valence-corrected chi connectivity index (χ4v) is 4.06. The number of H-pyrrole nitrogens is 1. The molecule has 2 aromatic rings. The van der Waals surface area contributed by atoms with E-state index in [1.807, 2.05) is 0 Å². The van der Waals surface area contributed by atoms with E-state index in [1.165, 1.54) is 6.20 Å². The lowest BCUT2D eigenvalue weighted by Gasteiger charge is -2.03. The standard InChI is InChI=1S/C13H14N2O3S/c1-14-13(16)10-4-2-3-9-11(7-15-12(9)10)19(17,18)8-5-6-8/h2-4,7-8,15H,5-6H2,1H3,(H,14,16). The van der Waals surface area contributed by atoms with Gasteiger partial charge in [0.15, 0.2) is 9.84 Å². The predicted octanol–water partition coefficient (Wildman–Crippen LogP) is 1.46. The number of carbonyl (C=O) groups excluding carboxylic acids is 1. The van der Waals surface area contributed by atoms with E-state index in [-0.39, 0.29) is 11.2 Å². The maximum atomic E-state index is 12.3. The van der Waals surface area contributed by atoms with Crippen LogP contribution in [0.4, 0.5) is 0 Å². The van der Waals surface area contributed by atoms with Gasteiger partial charge in [-0.3, -0.25) is 4.79 Å². The molecule has 0 radical (unpaired) electrons. The molecule has 1 amide bonds. The van der Waals surface area contributed by atoms with Gasteiger partial charge in [-0.25, -0.2) is 8.42 Å². The van der Waals surface area contributed by atoms with Crippen molar-refractivity contribution in [2.24, 2.45) is 0 Å². The Labute approximate surface area is 110 Å². The van der Waals surface area contributed by atoms with Crippen LogP contribution in [0.2, 0.25) is 0 Å². The van der Waals surface area contributed by atoms with E-state index in [4.69, 9.17) is 0 Å². The van der Waals surface area contributed by atoms with E-state index in [9.17, 15) is 13.2 Å². The summed E-state index contributed by atoms with van der Waals surface area (Å²) in [6, 6.07) is 5.10. The number of aromatic nitrogens is 1. The molecular formula is C13H14N2O3S. The number of sulfone groups is 1. The average Bonchev–Trinajstić information content (AvgIpc) is 3.17. The van der Waals surface area contributed by atoms with Crippen molar-refractivity contribution in [3.8, 4) is 0 Å². The number of fused-ring (bicyclic) bond motifs is 1. The molecule has 2 N–H and O–H groups in total. The lowest BCUT2D eigenvalue weighted by atomic mass is 10.1. The van der Waals surface area contributed by atoms with Crippen LogP contribution < -0.4 is 5.32 Å². The summed E-state index contributed by atoms with van der Waals surface area (Å²) in [7, 11) is -1.71. The largest absolute Gasteiger partial charge is 0.359 e. The second-order valence-corrected chi connectivity index (χ2v) is 6.90. The molecule has 5 nitrogen and oxygen atoms in total. The minimum atomic E-state index is -3.26. The number of aromatic amines is 1. The molecule has 0 aliphatic heterocycles. The summed E-state index contributed by atoms with van der Waals surface area (Å²) in [5, 5.41) is 2.88. The number of carbonyl (C=O) groups is 1. The Morgan fingerprint density at radius 3 is 2.74 bits per heavy atom. The molecule has 1 aromatic carbocycles. The Hall–Kier alpha value is -1.82. The summed E-state index contributed by atoms with van der Waals surface area (Å²) in [4.78, 5) is 15.0. The Bertz CT molecular complexity index is 757. The van der Waals surface area contributed by atoms with Crippen LogP contribution >= 0.6 is 0 Å². The molecule has 0 atom stereocenters.